The summed E-state index contributed by atoms with van der Waals surface area (Å²) >= 11 is 1.89. The number of hydrazine groups is 1. The maximum absolute atomic E-state index is 12.7. The molecule has 0 aromatic heterocycles. The van der Waals surface area contributed by atoms with Crippen LogP contribution < -0.4 is 5.32 Å². The van der Waals surface area contributed by atoms with Crippen molar-refractivity contribution in [3.8, 4) is 0 Å². The minimum Gasteiger partial charge on any atom is -0.345 e. The summed E-state index contributed by atoms with van der Waals surface area (Å²) in [5, 5.41) is 5.33. The molecule has 2 rings (SSSR count). The number of fused-ring (bicyclic) bond motifs is 1. The summed E-state index contributed by atoms with van der Waals surface area (Å²) in [6, 6.07) is 0. The highest BCUT2D eigenvalue weighted by molar-refractivity contribution is 14.1. The monoisotopic (exact) mass is 311 g/mol. The first kappa shape index (κ1) is 9.75. The molecule has 76 valence electrons. The van der Waals surface area contributed by atoms with Crippen molar-refractivity contribution in [1.82, 2.24) is 15.3 Å². The van der Waals surface area contributed by atoms with Crippen LogP contribution in [0.1, 0.15) is 6.92 Å². The second kappa shape index (κ2) is 3.41. The van der Waals surface area contributed by atoms with Crippen LogP contribution in [0.15, 0.2) is 33.6 Å². The average molecular weight is 311 g/mol. The van der Waals surface area contributed by atoms with E-state index in [1.165, 1.54) is 5.01 Å². The Morgan fingerprint density at radius 2 is 2.14 bits per heavy atom. The first-order chi connectivity index (χ1) is 6.61. The lowest BCUT2D eigenvalue weighted by Crippen LogP contribution is -2.43. The Labute approximate surface area is 93.8 Å². The predicted octanol–water partition coefficient (Wildman–Crippen LogP) is 2.32. The first-order valence-electron chi connectivity index (χ1n) is 3.99. The molecule has 0 aromatic carbocycles. The summed E-state index contributed by atoms with van der Waals surface area (Å²) in [5.74, 6) is 0.656. The molecule has 0 unspecified atom stereocenters. The van der Waals surface area contributed by atoms with E-state index in [0.29, 0.717) is 9.52 Å². The fourth-order valence-corrected chi connectivity index (χ4v) is 2.00. The zero-order chi connectivity index (χ0) is 10.3. The van der Waals surface area contributed by atoms with Gasteiger partial charge in [0.2, 0.25) is 0 Å². The number of alkyl halides is 2. The number of hydrogen-bond acceptors (Lipinski definition) is 3. The molecule has 2 aliphatic rings. The van der Waals surface area contributed by atoms with Gasteiger partial charge in [-0.05, 0) is 41.7 Å². The normalized spacial score (nSPS) is 20.2. The van der Waals surface area contributed by atoms with Crippen molar-refractivity contribution in [3.05, 3.63) is 33.6 Å². The van der Waals surface area contributed by atoms with Crippen molar-refractivity contribution in [1.29, 1.82) is 0 Å². The van der Waals surface area contributed by atoms with Gasteiger partial charge in [0.15, 0.2) is 0 Å². The molecule has 14 heavy (non-hydrogen) atoms. The molecule has 0 amide bonds. The van der Waals surface area contributed by atoms with E-state index in [1.807, 2.05) is 22.6 Å². The summed E-state index contributed by atoms with van der Waals surface area (Å²) in [4.78, 5) is 0. The second-order valence-corrected chi connectivity index (χ2v) is 4.01. The van der Waals surface area contributed by atoms with Crippen LogP contribution in [0, 0.1) is 0 Å². The van der Waals surface area contributed by atoms with Gasteiger partial charge in [0.25, 0.3) is 0 Å². The molecular weight excluding hydrogens is 303 g/mol. The van der Waals surface area contributed by atoms with Gasteiger partial charge in [0.1, 0.15) is 9.52 Å². The maximum atomic E-state index is 12.7. The maximum Gasteiger partial charge on any atom is 0.333 e. The first-order valence-corrected chi connectivity index (χ1v) is 5.07. The topological polar surface area (TPSA) is 18.5 Å². The van der Waals surface area contributed by atoms with Crippen molar-refractivity contribution in [2.75, 3.05) is 0 Å². The van der Waals surface area contributed by atoms with Gasteiger partial charge < -0.3 is 5.32 Å². The van der Waals surface area contributed by atoms with Crippen molar-refractivity contribution < 1.29 is 8.78 Å². The van der Waals surface area contributed by atoms with Gasteiger partial charge in [-0.1, -0.05) is 0 Å². The summed E-state index contributed by atoms with van der Waals surface area (Å²) in [6.45, 7) is -0.761. The molecular formula is C8H8F2IN3. The molecule has 2 aliphatic heterocycles. The van der Waals surface area contributed by atoms with Crippen LogP contribution in [0.25, 0.3) is 0 Å². The van der Waals surface area contributed by atoms with Gasteiger partial charge in [-0.2, -0.15) is 8.78 Å². The molecule has 0 spiro atoms. The lowest BCUT2D eigenvalue weighted by molar-refractivity contribution is -0.0943. The Morgan fingerprint density at radius 1 is 1.43 bits per heavy atom. The van der Waals surface area contributed by atoms with E-state index < -0.39 is 6.55 Å². The molecule has 0 saturated heterocycles. The molecule has 0 fully saturated rings. The molecule has 1 N–H and O–H groups in total. The molecule has 2 heterocycles. The zero-order valence-electron chi connectivity index (χ0n) is 7.34. The number of allylic oxidation sites excluding steroid dienone is 3. The largest absolute Gasteiger partial charge is 0.345 e. The van der Waals surface area contributed by atoms with Crippen LogP contribution in [0.2, 0.25) is 0 Å². The van der Waals surface area contributed by atoms with E-state index in [0.717, 1.165) is 10.7 Å². The summed E-state index contributed by atoms with van der Waals surface area (Å²) in [7, 11) is 0. The lowest BCUT2D eigenvalue weighted by Gasteiger charge is -2.36. The van der Waals surface area contributed by atoms with Gasteiger partial charge in [-0.3, -0.25) is 0 Å². The van der Waals surface area contributed by atoms with Gasteiger partial charge in [0, 0.05) is 6.20 Å². The number of halogens is 3. The van der Waals surface area contributed by atoms with E-state index in [-0.39, 0.29) is 0 Å². The number of rotatable bonds is 1. The SMILES string of the molecule is CC1=CNC2=CC=C(I)N(C(F)F)N12. The average Bonchev–Trinajstić information content (AvgIpc) is 2.47. The van der Waals surface area contributed by atoms with Gasteiger partial charge >= 0.3 is 6.55 Å². The van der Waals surface area contributed by atoms with Gasteiger partial charge in [0.05, 0.1) is 5.70 Å². The van der Waals surface area contributed by atoms with Gasteiger partial charge in [-0.15, -0.1) is 0 Å². The van der Waals surface area contributed by atoms with E-state index in [4.69, 9.17) is 0 Å². The van der Waals surface area contributed by atoms with Crippen molar-refractivity contribution in [2.24, 2.45) is 0 Å². The van der Waals surface area contributed by atoms with Gasteiger partial charge in [-0.25, -0.2) is 10.0 Å². The molecule has 0 aromatic rings. The molecule has 0 aliphatic carbocycles. The van der Waals surface area contributed by atoms with Crippen LogP contribution in [0.3, 0.4) is 0 Å². The fraction of sp³-hybridized carbons (Fsp3) is 0.250. The van der Waals surface area contributed by atoms with Crippen LogP contribution in [-0.4, -0.2) is 16.6 Å². The zero-order valence-corrected chi connectivity index (χ0v) is 9.50. The molecule has 0 bridgehead atoms. The van der Waals surface area contributed by atoms with Crippen molar-refractivity contribution >= 4 is 22.6 Å². The third-order valence-corrected chi connectivity index (χ3v) is 2.84. The quantitative estimate of drug-likeness (QED) is 0.592. The number of nitrogens with one attached hydrogen (secondary N) is 1. The molecule has 0 radical (unpaired) electrons. The Balaban J connectivity index is 2.37. The van der Waals surface area contributed by atoms with Crippen LogP contribution in [-0.2, 0) is 0 Å². The fourth-order valence-electron chi connectivity index (χ4n) is 1.40. The highest BCUT2D eigenvalue weighted by Gasteiger charge is 2.32. The summed E-state index contributed by atoms with van der Waals surface area (Å²) < 4.78 is 26.0. The van der Waals surface area contributed by atoms with Crippen LogP contribution >= 0.6 is 22.6 Å². The number of hydrogen-bond donors (Lipinski definition) is 1. The third kappa shape index (κ3) is 1.37. The van der Waals surface area contributed by atoms with E-state index in [2.05, 4.69) is 5.32 Å². The highest BCUT2D eigenvalue weighted by atomic mass is 127. The van der Waals surface area contributed by atoms with Crippen molar-refractivity contribution in [2.45, 2.75) is 13.5 Å². The van der Waals surface area contributed by atoms with E-state index in [9.17, 15) is 8.78 Å². The Morgan fingerprint density at radius 3 is 2.79 bits per heavy atom. The Kier molecular flexibility index (Phi) is 2.38. The molecule has 3 nitrogen and oxygen atoms in total. The molecule has 6 heteroatoms. The minimum atomic E-state index is -2.54. The molecule has 0 saturated carbocycles. The smallest absolute Gasteiger partial charge is 0.333 e. The van der Waals surface area contributed by atoms with E-state index in [1.54, 1.807) is 25.3 Å². The van der Waals surface area contributed by atoms with Crippen molar-refractivity contribution in [3.63, 3.8) is 0 Å². The lowest BCUT2D eigenvalue weighted by atomic mass is 10.4. The third-order valence-electron chi connectivity index (χ3n) is 1.99. The summed E-state index contributed by atoms with van der Waals surface area (Å²) in [5.41, 5.74) is 0.749. The predicted molar refractivity (Wildman–Crippen MR) is 56.8 cm³/mol. The minimum absolute atomic E-state index is 0.498. The molecule has 0 atom stereocenters. The second-order valence-electron chi connectivity index (χ2n) is 2.91. The Bertz CT molecular complexity index is 348. The highest BCUT2D eigenvalue weighted by Crippen LogP contribution is 2.32. The number of nitrogens with zero attached hydrogens (tertiary/aromatic N) is 2. The van der Waals surface area contributed by atoms with E-state index >= 15 is 0 Å². The van der Waals surface area contributed by atoms with Crippen LogP contribution in [0.4, 0.5) is 8.78 Å². The van der Waals surface area contributed by atoms with Crippen LogP contribution in [0.5, 0.6) is 0 Å². The Hall–Kier alpha value is -0.790. The standard InChI is InChI=1S/C8H8F2IN3/c1-5-4-12-7-3-2-6(11)14(8(9)10)13(5)7/h2-4,8,12H,1H3. The summed E-state index contributed by atoms with van der Waals surface area (Å²) in [6.07, 6.45) is 5.12.